The zero-order chi connectivity index (χ0) is 22.2. The normalized spacial score (nSPS) is 10.4. The highest BCUT2D eigenvalue weighted by atomic mass is 16.5. The Labute approximate surface area is 182 Å². The van der Waals surface area contributed by atoms with E-state index in [1.165, 1.54) is 6.26 Å². The predicted molar refractivity (Wildman–Crippen MR) is 120 cm³/mol. The van der Waals surface area contributed by atoms with Crippen LogP contribution >= 0.6 is 0 Å². The van der Waals surface area contributed by atoms with E-state index in [9.17, 15) is 9.59 Å². The van der Waals surface area contributed by atoms with Gasteiger partial charge in [-0.2, -0.15) is 0 Å². The fourth-order valence-electron chi connectivity index (χ4n) is 3.00. The molecule has 162 valence electrons. The van der Waals surface area contributed by atoms with Crippen molar-refractivity contribution in [3.05, 3.63) is 78.3 Å². The number of amides is 2. The highest BCUT2D eigenvalue weighted by Gasteiger charge is 2.14. The van der Waals surface area contributed by atoms with Gasteiger partial charge in [0.15, 0.2) is 12.4 Å². The van der Waals surface area contributed by atoms with Crippen LogP contribution in [0.1, 0.15) is 23.0 Å². The second-order valence-corrected chi connectivity index (χ2v) is 7.22. The zero-order valence-corrected chi connectivity index (χ0v) is 18.0. The lowest BCUT2D eigenvalue weighted by Gasteiger charge is -2.22. The summed E-state index contributed by atoms with van der Waals surface area (Å²) in [4.78, 5) is 28.5. The number of anilines is 2. The molecule has 0 aliphatic carbocycles. The number of nitrogens with one attached hydrogen (secondary N) is 1. The van der Waals surface area contributed by atoms with E-state index in [1.54, 1.807) is 41.3 Å². The maximum atomic E-state index is 12.7. The minimum absolute atomic E-state index is 0.0841. The number of furan rings is 1. The van der Waals surface area contributed by atoms with Gasteiger partial charge in [0.2, 0.25) is 0 Å². The molecule has 1 heterocycles. The van der Waals surface area contributed by atoms with Crippen LogP contribution in [0.15, 0.2) is 71.3 Å². The molecule has 0 saturated heterocycles. The summed E-state index contributed by atoms with van der Waals surface area (Å²) in [7, 11) is 3.98. The number of benzene rings is 2. The molecule has 31 heavy (non-hydrogen) atoms. The number of ether oxygens (including phenoxy) is 1. The van der Waals surface area contributed by atoms with Crippen molar-refractivity contribution in [3.8, 4) is 5.75 Å². The molecular weight excluding hydrogens is 394 g/mol. The molecule has 7 heteroatoms. The van der Waals surface area contributed by atoms with Crippen LogP contribution in [0.4, 0.5) is 11.4 Å². The third kappa shape index (κ3) is 6.12. The van der Waals surface area contributed by atoms with Crippen molar-refractivity contribution in [1.29, 1.82) is 0 Å². The third-order valence-electron chi connectivity index (χ3n) is 4.76. The Hall–Kier alpha value is -3.74. The number of carbonyl (C=O) groups is 2. The molecule has 0 fully saturated rings. The Kier molecular flexibility index (Phi) is 7.32. The molecule has 2 amide bonds. The monoisotopic (exact) mass is 421 g/mol. The quantitative estimate of drug-likeness (QED) is 0.565. The summed E-state index contributed by atoms with van der Waals surface area (Å²) in [5.74, 6) is 0.260. The molecule has 1 N–H and O–H groups in total. The largest absolute Gasteiger partial charge is 0.484 e. The van der Waals surface area contributed by atoms with E-state index < -0.39 is 0 Å². The van der Waals surface area contributed by atoms with Crippen LogP contribution in [-0.2, 0) is 11.3 Å². The maximum Gasteiger partial charge on any atom is 0.291 e. The molecule has 7 nitrogen and oxygen atoms in total. The average molecular weight is 421 g/mol. The molecule has 0 saturated carbocycles. The minimum atomic E-state index is -0.351. The van der Waals surface area contributed by atoms with E-state index in [0.717, 1.165) is 11.3 Å². The standard InChI is InChI=1S/C24H27N3O4/c1-4-27(16-18-10-12-20(13-11-18)26(2)3)23(28)17-31-21-8-5-7-19(15-21)25-24(29)22-9-6-14-30-22/h5-15H,4,16-17H2,1-3H3,(H,25,29). The van der Waals surface area contributed by atoms with E-state index in [4.69, 9.17) is 9.15 Å². The van der Waals surface area contributed by atoms with Gasteiger partial charge in [-0.25, -0.2) is 0 Å². The van der Waals surface area contributed by atoms with Crippen LogP contribution in [0.25, 0.3) is 0 Å². The lowest BCUT2D eigenvalue weighted by atomic mass is 10.2. The van der Waals surface area contributed by atoms with Crippen molar-refractivity contribution in [2.24, 2.45) is 0 Å². The van der Waals surface area contributed by atoms with Gasteiger partial charge in [-0.05, 0) is 48.9 Å². The molecule has 0 aliphatic rings. The van der Waals surface area contributed by atoms with E-state index in [1.807, 2.05) is 50.2 Å². The predicted octanol–water partition coefficient (Wildman–Crippen LogP) is 4.03. The van der Waals surface area contributed by atoms with Gasteiger partial charge < -0.3 is 24.3 Å². The van der Waals surface area contributed by atoms with Crippen LogP contribution in [-0.4, -0.2) is 44.0 Å². The van der Waals surface area contributed by atoms with E-state index in [0.29, 0.717) is 24.5 Å². The Balaban J connectivity index is 1.55. The molecule has 2 aromatic carbocycles. The summed E-state index contributed by atoms with van der Waals surface area (Å²) in [5, 5.41) is 2.74. The molecule has 0 atom stereocenters. The SMILES string of the molecule is CCN(Cc1ccc(N(C)C)cc1)C(=O)COc1cccc(NC(=O)c2ccco2)c1. The number of likely N-dealkylation sites (N-methyl/N-ethyl adjacent to an activating group) is 1. The fourth-order valence-corrected chi connectivity index (χ4v) is 3.00. The van der Waals surface area contributed by atoms with Gasteiger partial charge >= 0.3 is 0 Å². The van der Waals surface area contributed by atoms with Gasteiger partial charge in [-0.15, -0.1) is 0 Å². The van der Waals surface area contributed by atoms with Crippen LogP contribution in [0.3, 0.4) is 0 Å². The highest BCUT2D eigenvalue weighted by molar-refractivity contribution is 6.02. The molecule has 0 radical (unpaired) electrons. The van der Waals surface area contributed by atoms with Crippen LogP contribution in [0.5, 0.6) is 5.75 Å². The summed E-state index contributed by atoms with van der Waals surface area (Å²) < 4.78 is 10.8. The van der Waals surface area contributed by atoms with Gasteiger partial charge in [-0.1, -0.05) is 18.2 Å². The summed E-state index contributed by atoms with van der Waals surface area (Å²) in [5.41, 5.74) is 2.73. The van der Waals surface area contributed by atoms with E-state index >= 15 is 0 Å². The lowest BCUT2D eigenvalue weighted by molar-refractivity contribution is -0.133. The van der Waals surface area contributed by atoms with E-state index in [-0.39, 0.29) is 24.2 Å². The summed E-state index contributed by atoms with van der Waals surface area (Å²) in [6.07, 6.45) is 1.44. The number of rotatable bonds is 9. The number of nitrogens with zero attached hydrogens (tertiary/aromatic N) is 2. The van der Waals surface area contributed by atoms with Gasteiger partial charge in [0.05, 0.1) is 6.26 Å². The van der Waals surface area contributed by atoms with Crippen molar-refractivity contribution < 1.29 is 18.7 Å². The second-order valence-electron chi connectivity index (χ2n) is 7.22. The topological polar surface area (TPSA) is 75.0 Å². The smallest absolute Gasteiger partial charge is 0.291 e. The summed E-state index contributed by atoms with van der Waals surface area (Å²) in [6, 6.07) is 18.3. The fraction of sp³-hybridized carbons (Fsp3) is 0.250. The van der Waals surface area contributed by atoms with Crippen molar-refractivity contribution in [1.82, 2.24) is 4.90 Å². The van der Waals surface area contributed by atoms with Crippen molar-refractivity contribution in [3.63, 3.8) is 0 Å². The van der Waals surface area contributed by atoms with Gasteiger partial charge in [0, 0.05) is 44.6 Å². The Morgan fingerprint density at radius 1 is 1.03 bits per heavy atom. The third-order valence-corrected chi connectivity index (χ3v) is 4.76. The maximum absolute atomic E-state index is 12.7. The van der Waals surface area contributed by atoms with Gasteiger partial charge in [-0.3, -0.25) is 9.59 Å². The molecule has 0 spiro atoms. The Bertz CT molecular complexity index is 998. The lowest BCUT2D eigenvalue weighted by Crippen LogP contribution is -2.34. The van der Waals surface area contributed by atoms with E-state index in [2.05, 4.69) is 5.32 Å². The first-order valence-electron chi connectivity index (χ1n) is 10.1. The number of hydrogen-bond donors (Lipinski definition) is 1. The molecule has 3 rings (SSSR count). The van der Waals surface area contributed by atoms with Crippen LogP contribution in [0, 0.1) is 0 Å². The average Bonchev–Trinajstić information content (AvgIpc) is 3.31. The molecule has 0 aliphatic heterocycles. The van der Waals surface area contributed by atoms with Gasteiger partial charge in [0.25, 0.3) is 11.8 Å². The summed E-state index contributed by atoms with van der Waals surface area (Å²) >= 11 is 0. The van der Waals surface area contributed by atoms with Crippen LogP contribution in [0.2, 0.25) is 0 Å². The molecule has 0 bridgehead atoms. The molecule has 3 aromatic rings. The first-order chi connectivity index (χ1) is 15.0. The van der Waals surface area contributed by atoms with Crippen LogP contribution < -0.4 is 15.0 Å². The Morgan fingerprint density at radius 2 is 1.81 bits per heavy atom. The number of hydrogen-bond acceptors (Lipinski definition) is 5. The zero-order valence-electron chi connectivity index (χ0n) is 18.0. The molecular formula is C24H27N3O4. The first-order valence-corrected chi connectivity index (χ1v) is 10.1. The summed E-state index contributed by atoms with van der Waals surface area (Å²) in [6.45, 7) is 2.96. The van der Waals surface area contributed by atoms with Gasteiger partial charge in [0.1, 0.15) is 5.75 Å². The Morgan fingerprint density at radius 3 is 2.45 bits per heavy atom. The molecule has 1 aromatic heterocycles. The number of carbonyl (C=O) groups excluding carboxylic acids is 2. The first kappa shape index (κ1) is 22.0. The highest BCUT2D eigenvalue weighted by Crippen LogP contribution is 2.19. The van der Waals surface area contributed by atoms with Crippen molar-refractivity contribution >= 4 is 23.2 Å². The molecule has 0 unspecified atom stereocenters. The van der Waals surface area contributed by atoms with Crippen molar-refractivity contribution in [2.45, 2.75) is 13.5 Å². The minimum Gasteiger partial charge on any atom is -0.484 e. The second kappa shape index (κ2) is 10.3. The van der Waals surface area contributed by atoms with Crippen molar-refractivity contribution in [2.75, 3.05) is 37.5 Å².